The summed E-state index contributed by atoms with van der Waals surface area (Å²) >= 11 is 0. The highest BCUT2D eigenvalue weighted by Gasteiger charge is 2.28. The Morgan fingerprint density at radius 1 is 1.53 bits per heavy atom. The van der Waals surface area contributed by atoms with Crippen LogP contribution in [0.15, 0.2) is 24.3 Å². The van der Waals surface area contributed by atoms with Crippen molar-refractivity contribution in [1.82, 2.24) is 4.90 Å². The van der Waals surface area contributed by atoms with Gasteiger partial charge >= 0.3 is 0 Å². The summed E-state index contributed by atoms with van der Waals surface area (Å²) in [6, 6.07) is 9.85. The van der Waals surface area contributed by atoms with E-state index < -0.39 is 0 Å². The number of benzene rings is 1. The summed E-state index contributed by atoms with van der Waals surface area (Å²) in [5.41, 5.74) is 1.07. The molecule has 0 fully saturated rings. The fourth-order valence-electron chi connectivity index (χ4n) is 2.37. The second kappa shape index (κ2) is 6.24. The lowest BCUT2D eigenvalue weighted by Crippen LogP contribution is -2.41. The Morgan fingerprint density at radius 2 is 2.32 bits per heavy atom. The molecule has 1 heterocycles. The number of fused-ring (bicyclic) bond motifs is 1. The number of ether oxygens (including phenoxy) is 1. The van der Waals surface area contributed by atoms with Crippen molar-refractivity contribution in [2.24, 2.45) is 5.92 Å². The molecule has 0 saturated carbocycles. The van der Waals surface area contributed by atoms with Gasteiger partial charge < -0.3 is 9.64 Å². The highest BCUT2D eigenvalue weighted by Crippen LogP contribution is 2.27. The minimum absolute atomic E-state index is 0.0258. The van der Waals surface area contributed by atoms with Crippen LogP contribution in [0.2, 0.25) is 0 Å². The van der Waals surface area contributed by atoms with E-state index in [1.165, 1.54) is 0 Å². The Hall–Kier alpha value is -2.02. The first-order valence-corrected chi connectivity index (χ1v) is 6.62. The normalized spacial score (nSPS) is 16.9. The number of hydrogen-bond donors (Lipinski definition) is 0. The lowest BCUT2D eigenvalue weighted by atomic mass is 9.95. The number of carbonyl (C=O) groups excluding carboxylic acids is 1. The lowest BCUT2D eigenvalue weighted by Gasteiger charge is -2.29. The fraction of sp³-hybridized carbons (Fsp3) is 0.467. The molecule has 19 heavy (non-hydrogen) atoms. The Morgan fingerprint density at radius 3 is 3.05 bits per heavy atom. The van der Waals surface area contributed by atoms with Gasteiger partial charge in [0.1, 0.15) is 18.9 Å². The van der Waals surface area contributed by atoms with E-state index in [-0.39, 0.29) is 18.4 Å². The van der Waals surface area contributed by atoms with Crippen LogP contribution >= 0.6 is 0 Å². The van der Waals surface area contributed by atoms with Crippen LogP contribution in [-0.4, -0.2) is 30.5 Å². The standard InChI is InChI=1S/C15H18N2O2/c1-2-8-17(9-7-16)15(18)13-10-12-5-3-4-6-14(12)19-11-13/h3-6,13H,2,8-11H2,1H3. The number of carbonyl (C=O) groups is 1. The average molecular weight is 258 g/mol. The van der Waals surface area contributed by atoms with Gasteiger partial charge in [0.15, 0.2) is 0 Å². The van der Waals surface area contributed by atoms with Crippen LogP contribution < -0.4 is 4.74 Å². The molecule has 100 valence electrons. The van der Waals surface area contributed by atoms with Gasteiger partial charge in [0.2, 0.25) is 5.91 Å². The van der Waals surface area contributed by atoms with E-state index in [1.54, 1.807) is 4.90 Å². The van der Waals surface area contributed by atoms with Crippen LogP contribution in [0.25, 0.3) is 0 Å². The Kier molecular flexibility index (Phi) is 4.40. The topological polar surface area (TPSA) is 53.3 Å². The van der Waals surface area contributed by atoms with Gasteiger partial charge in [-0.15, -0.1) is 0 Å². The Labute approximate surface area is 113 Å². The maximum atomic E-state index is 12.4. The van der Waals surface area contributed by atoms with E-state index in [0.717, 1.165) is 17.7 Å². The first-order valence-electron chi connectivity index (χ1n) is 6.62. The molecular weight excluding hydrogens is 240 g/mol. The molecule has 0 aromatic heterocycles. The van der Waals surface area contributed by atoms with Crippen molar-refractivity contribution >= 4 is 5.91 Å². The SMILES string of the molecule is CCCN(CC#N)C(=O)C1COc2ccccc2C1. The number of hydrogen-bond acceptors (Lipinski definition) is 3. The molecule has 2 rings (SSSR count). The van der Waals surface area contributed by atoms with Gasteiger partial charge in [-0.1, -0.05) is 25.1 Å². The second-order valence-electron chi connectivity index (χ2n) is 4.74. The van der Waals surface area contributed by atoms with E-state index >= 15 is 0 Å². The zero-order chi connectivity index (χ0) is 13.7. The molecule has 0 bridgehead atoms. The maximum absolute atomic E-state index is 12.4. The molecule has 0 aliphatic carbocycles. The van der Waals surface area contributed by atoms with Gasteiger partial charge in [-0.05, 0) is 24.5 Å². The fourth-order valence-corrected chi connectivity index (χ4v) is 2.37. The summed E-state index contributed by atoms with van der Waals surface area (Å²) in [6.07, 6.45) is 1.55. The third-order valence-corrected chi connectivity index (χ3v) is 3.29. The average Bonchev–Trinajstić information content (AvgIpc) is 2.46. The molecule has 0 spiro atoms. The Bertz CT molecular complexity index is 493. The van der Waals surface area contributed by atoms with Crippen LogP contribution in [0, 0.1) is 17.2 Å². The van der Waals surface area contributed by atoms with Crippen molar-refractivity contribution < 1.29 is 9.53 Å². The predicted molar refractivity (Wildman–Crippen MR) is 71.6 cm³/mol. The molecule has 1 atom stereocenters. The van der Waals surface area contributed by atoms with Crippen LogP contribution in [0.1, 0.15) is 18.9 Å². The predicted octanol–water partition coefficient (Wildman–Crippen LogP) is 2.00. The summed E-state index contributed by atoms with van der Waals surface area (Å²) in [4.78, 5) is 14.0. The van der Waals surface area contributed by atoms with Gasteiger partial charge in [0.05, 0.1) is 12.0 Å². The Balaban J connectivity index is 2.07. The molecule has 1 unspecified atom stereocenters. The van der Waals surface area contributed by atoms with Gasteiger partial charge in [-0.3, -0.25) is 4.79 Å². The summed E-state index contributed by atoms with van der Waals surface area (Å²) in [6.45, 7) is 3.20. The zero-order valence-corrected chi connectivity index (χ0v) is 11.1. The summed E-state index contributed by atoms with van der Waals surface area (Å²) in [5.74, 6) is 0.724. The van der Waals surface area contributed by atoms with Gasteiger partial charge in [-0.25, -0.2) is 0 Å². The van der Waals surface area contributed by atoms with Crippen molar-refractivity contribution in [3.63, 3.8) is 0 Å². The summed E-state index contributed by atoms with van der Waals surface area (Å²) in [7, 11) is 0. The monoisotopic (exact) mass is 258 g/mol. The number of para-hydroxylation sites is 1. The highest BCUT2D eigenvalue weighted by atomic mass is 16.5. The third kappa shape index (κ3) is 3.05. The first kappa shape index (κ1) is 13.4. The number of nitrogens with zero attached hydrogens (tertiary/aromatic N) is 2. The highest BCUT2D eigenvalue weighted by molar-refractivity contribution is 5.80. The number of rotatable bonds is 4. The number of amides is 1. The first-order chi connectivity index (χ1) is 9.26. The van der Waals surface area contributed by atoms with E-state index in [1.807, 2.05) is 31.2 Å². The summed E-state index contributed by atoms with van der Waals surface area (Å²) in [5, 5.41) is 8.79. The molecule has 4 nitrogen and oxygen atoms in total. The minimum atomic E-state index is -0.171. The molecule has 1 aliphatic heterocycles. The van der Waals surface area contributed by atoms with Crippen molar-refractivity contribution in [2.75, 3.05) is 19.7 Å². The smallest absolute Gasteiger partial charge is 0.230 e. The van der Waals surface area contributed by atoms with E-state index in [4.69, 9.17) is 10.00 Å². The van der Waals surface area contributed by atoms with Crippen molar-refractivity contribution in [3.8, 4) is 11.8 Å². The molecule has 0 N–H and O–H groups in total. The third-order valence-electron chi connectivity index (χ3n) is 3.29. The second-order valence-corrected chi connectivity index (χ2v) is 4.74. The molecule has 1 amide bonds. The molecule has 1 aromatic rings. The van der Waals surface area contributed by atoms with E-state index in [2.05, 4.69) is 6.07 Å². The van der Waals surface area contributed by atoms with E-state index in [0.29, 0.717) is 19.6 Å². The van der Waals surface area contributed by atoms with Crippen LogP contribution in [-0.2, 0) is 11.2 Å². The maximum Gasteiger partial charge on any atom is 0.230 e. The van der Waals surface area contributed by atoms with E-state index in [9.17, 15) is 4.79 Å². The van der Waals surface area contributed by atoms with Crippen molar-refractivity contribution in [1.29, 1.82) is 5.26 Å². The van der Waals surface area contributed by atoms with Crippen LogP contribution in [0.4, 0.5) is 0 Å². The van der Waals surface area contributed by atoms with Crippen LogP contribution in [0.5, 0.6) is 5.75 Å². The molecule has 1 aliphatic rings. The molecule has 1 aromatic carbocycles. The summed E-state index contributed by atoms with van der Waals surface area (Å²) < 4.78 is 5.63. The molecule has 0 radical (unpaired) electrons. The van der Waals surface area contributed by atoms with Crippen molar-refractivity contribution in [3.05, 3.63) is 29.8 Å². The zero-order valence-electron chi connectivity index (χ0n) is 11.1. The quantitative estimate of drug-likeness (QED) is 0.776. The number of nitriles is 1. The minimum Gasteiger partial charge on any atom is -0.492 e. The van der Waals surface area contributed by atoms with Crippen molar-refractivity contribution in [2.45, 2.75) is 19.8 Å². The van der Waals surface area contributed by atoms with Gasteiger partial charge in [0, 0.05) is 6.54 Å². The molecule has 0 saturated heterocycles. The van der Waals surface area contributed by atoms with Crippen LogP contribution in [0.3, 0.4) is 0 Å². The lowest BCUT2D eigenvalue weighted by molar-refractivity contribution is -0.136. The van der Waals surface area contributed by atoms with Gasteiger partial charge in [-0.2, -0.15) is 5.26 Å². The van der Waals surface area contributed by atoms with Gasteiger partial charge in [0.25, 0.3) is 0 Å². The molecule has 4 heteroatoms. The molecular formula is C15H18N2O2. The largest absolute Gasteiger partial charge is 0.492 e.